The maximum atomic E-state index is 12.3. The molecule has 0 saturated carbocycles. The Morgan fingerprint density at radius 3 is 2.68 bits per heavy atom. The molecule has 1 heterocycles. The molecule has 1 aliphatic heterocycles. The second kappa shape index (κ2) is 7.67. The molecule has 6 heteroatoms. The number of nitrogens with zero attached hydrogens (tertiary/aromatic N) is 1. The minimum absolute atomic E-state index is 0.0252. The Morgan fingerprint density at radius 2 is 2.14 bits per heavy atom. The number of carbonyl (C=O) groups is 1. The first-order valence-corrected chi connectivity index (χ1v) is 8.53. The quantitative estimate of drug-likeness (QED) is 0.779. The van der Waals surface area contributed by atoms with Gasteiger partial charge in [0, 0.05) is 31.1 Å². The first kappa shape index (κ1) is 16.9. The summed E-state index contributed by atoms with van der Waals surface area (Å²) >= 11 is -1.18. The minimum atomic E-state index is -1.18. The molecule has 0 aromatic heterocycles. The smallest absolute Gasteiger partial charge is 0.253 e. The van der Waals surface area contributed by atoms with Gasteiger partial charge in [-0.05, 0) is 44.7 Å². The van der Waals surface area contributed by atoms with Crippen molar-refractivity contribution in [2.75, 3.05) is 19.6 Å². The summed E-state index contributed by atoms with van der Waals surface area (Å²) in [5.74, 6) is 1.14. The van der Waals surface area contributed by atoms with Gasteiger partial charge in [0.1, 0.15) is 11.2 Å². The molecule has 120 valence electrons. The van der Waals surface area contributed by atoms with Gasteiger partial charge in [0.15, 0.2) is 0 Å². The Balaban J connectivity index is 1.80. The van der Waals surface area contributed by atoms with E-state index < -0.39 is 11.4 Å². The average molecular weight is 322 g/mol. The number of likely N-dealkylation sites (tertiary alicyclic amines) is 1. The highest BCUT2D eigenvalue weighted by Crippen LogP contribution is 2.20. The van der Waals surface area contributed by atoms with Crippen molar-refractivity contribution in [3.8, 4) is 5.75 Å². The first-order chi connectivity index (χ1) is 10.5. The van der Waals surface area contributed by atoms with E-state index in [0.29, 0.717) is 31.1 Å². The van der Waals surface area contributed by atoms with Gasteiger partial charge in [-0.1, -0.05) is 0 Å². The van der Waals surface area contributed by atoms with Gasteiger partial charge in [-0.3, -0.25) is 4.79 Å². The van der Waals surface area contributed by atoms with Crippen molar-refractivity contribution >= 4 is 17.3 Å². The SMILES string of the molecule is C=C[S+]([O-])NCC1CN(C(=O)c2ccc(OC(C)C)cc2)C1. The van der Waals surface area contributed by atoms with Crippen LogP contribution in [0, 0.1) is 5.92 Å². The highest BCUT2D eigenvalue weighted by Gasteiger charge is 2.31. The number of benzene rings is 1. The molecule has 22 heavy (non-hydrogen) atoms. The van der Waals surface area contributed by atoms with Gasteiger partial charge in [-0.2, -0.15) is 0 Å². The molecule has 0 radical (unpaired) electrons. The largest absolute Gasteiger partial charge is 0.593 e. The maximum absolute atomic E-state index is 12.3. The Hall–Kier alpha value is -1.50. The van der Waals surface area contributed by atoms with Crippen molar-refractivity contribution in [2.24, 2.45) is 5.92 Å². The Morgan fingerprint density at radius 1 is 1.50 bits per heavy atom. The fraction of sp³-hybridized carbons (Fsp3) is 0.438. The summed E-state index contributed by atoms with van der Waals surface area (Å²) in [5.41, 5.74) is 0.664. The molecule has 2 rings (SSSR count). The normalized spacial score (nSPS) is 16.3. The zero-order valence-corrected chi connectivity index (χ0v) is 13.8. The van der Waals surface area contributed by atoms with Gasteiger partial charge in [0.2, 0.25) is 0 Å². The molecule has 1 amide bonds. The summed E-state index contributed by atoms with van der Waals surface area (Å²) in [7, 11) is 0. The molecule has 5 nitrogen and oxygen atoms in total. The minimum Gasteiger partial charge on any atom is -0.593 e. The summed E-state index contributed by atoms with van der Waals surface area (Å²) < 4.78 is 19.6. The van der Waals surface area contributed by atoms with E-state index in [2.05, 4.69) is 11.3 Å². The van der Waals surface area contributed by atoms with E-state index in [1.165, 1.54) is 5.41 Å². The second-order valence-electron chi connectivity index (χ2n) is 5.58. The Kier molecular flexibility index (Phi) is 5.88. The molecule has 1 aliphatic rings. The Bertz CT molecular complexity index is 513. The molecule has 1 N–H and O–H groups in total. The van der Waals surface area contributed by atoms with Gasteiger partial charge in [0.25, 0.3) is 5.91 Å². The average Bonchev–Trinajstić information content (AvgIpc) is 2.45. The zero-order valence-electron chi connectivity index (χ0n) is 13.0. The number of amides is 1. The first-order valence-electron chi connectivity index (χ1n) is 7.32. The Labute approximate surface area is 134 Å². The van der Waals surface area contributed by atoms with Crippen molar-refractivity contribution < 1.29 is 14.1 Å². The number of hydrogen-bond acceptors (Lipinski definition) is 4. The van der Waals surface area contributed by atoms with Crippen molar-refractivity contribution in [1.29, 1.82) is 0 Å². The van der Waals surface area contributed by atoms with E-state index in [1.54, 1.807) is 17.0 Å². The molecule has 1 atom stereocenters. The lowest BCUT2D eigenvalue weighted by atomic mass is 9.99. The van der Waals surface area contributed by atoms with Crippen LogP contribution in [-0.4, -0.2) is 41.1 Å². The standard InChI is InChI=1S/C16H22N2O3S/c1-4-22(20)17-9-13-10-18(11-13)16(19)14-5-7-15(8-6-14)21-12(2)3/h4-8,12-13,17H,1,9-11H2,2-3H3. The van der Waals surface area contributed by atoms with Crippen LogP contribution in [0.3, 0.4) is 0 Å². The van der Waals surface area contributed by atoms with Crippen LogP contribution in [0.1, 0.15) is 24.2 Å². The van der Waals surface area contributed by atoms with Crippen molar-refractivity contribution in [1.82, 2.24) is 9.62 Å². The van der Waals surface area contributed by atoms with Crippen molar-refractivity contribution in [2.45, 2.75) is 20.0 Å². The molecular formula is C16H22N2O3S. The summed E-state index contributed by atoms with van der Waals surface area (Å²) in [5, 5.41) is 1.36. The van der Waals surface area contributed by atoms with Gasteiger partial charge in [-0.25, -0.2) is 0 Å². The highest BCUT2D eigenvalue weighted by atomic mass is 32.2. The topological polar surface area (TPSA) is 64.6 Å². The van der Waals surface area contributed by atoms with Gasteiger partial charge in [-0.15, -0.1) is 4.72 Å². The molecule has 1 aromatic rings. The van der Waals surface area contributed by atoms with Crippen LogP contribution < -0.4 is 9.46 Å². The summed E-state index contributed by atoms with van der Waals surface area (Å²) in [6.07, 6.45) is 0.117. The van der Waals surface area contributed by atoms with Crippen LogP contribution in [0.25, 0.3) is 0 Å². The van der Waals surface area contributed by atoms with Gasteiger partial charge < -0.3 is 14.2 Å². The number of nitrogens with one attached hydrogen (secondary N) is 1. The predicted octanol–water partition coefficient (Wildman–Crippen LogP) is 1.94. The van der Waals surface area contributed by atoms with E-state index >= 15 is 0 Å². The highest BCUT2D eigenvalue weighted by molar-refractivity contribution is 7.92. The molecule has 1 fully saturated rings. The second-order valence-corrected chi connectivity index (χ2v) is 6.80. The number of carbonyl (C=O) groups excluding carboxylic acids is 1. The van der Waals surface area contributed by atoms with E-state index in [0.717, 1.165) is 5.75 Å². The number of ether oxygens (including phenoxy) is 1. The van der Waals surface area contributed by atoms with Crippen molar-refractivity contribution in [3.63, 3.8) is 0 Å². The predicted molar refractivity (Wildman–Crippen MR) is 87.9 cm³/mol. The summed E-state index contributed by atoms with van der Waals surface area (Å²) in [6.45, 7) is 9.38. The molecular weight excluding hydrogens is 300 g/mol. The van der Waals surface area contributed by atoms with Crippen LogP contribution in [-0.2, 0) is 11.4 Å². The zero-order chi connectivity index (χ0) is 16.1. The van der Waals surface area contributed by atoms with Crippen LogP contribution in [0.2, 0.25) is 0 Å². The van der Waals surface area contributed by atoms with Crippen LogP contribution >= 0.6 is 0 Å². The van der Waals surface area contributed by atoms with E-state index in [9.17, 15) is 9.35 Å². The lowest BCUT2D eigenvalue weighted by Crippen LogP contribution is -2.53. The third-order valence-electron chi connectivity index (χ3n) is 3.38. The maximum Gasteiger partial charge on any atom is 0.253 e. The molecule has 1 aromatic carbocycles. The fourth-order valence-corrected chi connectivity index (χ4v) is 2.77. The van der Waals surface area contributed by atoms with Crippen molar-refractivity contribution in [3.05, 3.63) is 41.8 Å². The lowest BCUT2D eigenvalue weighted by molar-refractivity contribution is 0.0510. The molecule has 0 spiro atoms. The fourth-order valence-electron chi connectivity index (χ4n) is 2.25. The lowest BCUT2D eigenvalue weighted by Gasteiger charge is -2.39. The molecule has 0 aliphatic carbocycles. The molecule has 1 saturated heterocycles. The van der Waals surface area contributed by atoms with Crippen LogP contribution in [0.15, 0.2) is 36.3 Å². The van der Waals surface area contributed by atoms with E-state index in [1.807, 2.05) is 26.0 Å². The molecule has 0 bridgehead atoms. The number of rotatable bonds is 7. The van der Waals surface area contributed by atoms with E-state index in [-0.39, 0.29) is 12.0 Å². The number of hydrogen-bond donors (Lipinski definition) is 1. The van der Waals surface area contributed by atoms with Crippen LogP contribution in [0.4, 0.5) is 0 Å². The summed E-state index contributed by atoms with van der Waals surface area (Å²) in [4.78, 5) is 14.1. The monoisotopic (exact) mass is 322 g/mol. The molecule has 1 unspecified atom stereocenters. The summed E-state index contributed by atoms with van der Waals surface area (Å²) in [6, 6.07) is 7.22. The van der Waals surface area contributed by atoms with Gasteiger partial charge >= 0.3 is 0 Å². The van der Waals surface area contributed by atoms with Crippen LogP contribution in [0.5, 0.6) is 5.75 Å². The third-order valence-corrected chi connectivity index (χ3v) is 4.14. The van der Waals surface area contributed by atoms with Gasteiger partial charge in [0.05, 0.1) is 17.5 Å². The van der Waals surface area contributed by atoms with E-state index in [4.69, 9.17) is 4.74 Å². The third kappa shape index (κ3) is 4.50.